The minimum Gasteiger partial charge on any atom is -0.480 e. The molecule has 1 aromatic carbocycles. The molecule has 35 heavy (non-hydrogen) atoms. The number of rotatable bonds is 9. The summed E-state index contributed by atoms with van der Waals surface area (Å²) in [7, 11) is -4.10. The summed E-state index contributed by atoms with van der Waals surface area (Å²) in [5, 5.41) is 12.9. The number of benzene rings is 1. The van der Waals surface area contributed by atoms with Crippen LogP contribution >= 0.6 is 0 Å². The number of piperidine rings is 1. The van der Waals surface area contributed by atoms with E-state index in [9.17, 15) is 23.1 Å². The van der Waals surface area contributed by atoms with Crippen molar-refractivity contribution in [2.75, 3.05) is 25.0 Å². The Bertz CT molecular complexity index is 1070. The van der Waals surface area contributed by atoms with Gasteiger partial charge in [-0.1, -0.05) is 26.0 Å². The standard InChI is InChI=1S/C23H36N6O5S/c1-14-8-10-29(18(12-14)22(31)32)21(30)17(6-4-9-26-23(24)25)28-35(33,34)19-7-3-5-16-11-15(2)13-27-20(16)19/h3,5,7,14-15,17-18,27-28H,4,6,8-13H2,1-2H3,(H,31,32)(H4,24,25,26)/t14-,15?,17-,18-/m0/s1. The van der Waals surface area contributed by atoms with Crippen LogP contribution in [0.15, 0.2) is 28.1 Å². The molecular weight excluding hydrogens is 472 g/mol. The molecule has 3 rings (SSSR count). The second-order valence-corrected chi connectivity index (χ2v) is 11.3. The number of fused-ring (bicyclic) bond motifs is 1. The molecule has 1 saturated heterocycles. The van der Waals surface area contributed by atoms with Crippen molar-refractivity contribution in [2.24, 2.45) is 28.3 Å². The number of amides is 1. The van der Waals surface area contributed by atoms with Crippen LogP contribution in [0.2, 0.25) is 0 Å². The molecule has 12 heteroatoms. The Morgan fingerprint density at radius 2 is 2.03 bits per heavy atom. The van der Waals surface area contributed by atoms with Crippen molar-refractivity contribution in [3.8, 4) is 0 Å². The highest BCUT2D eigenvalue weighted by atomic mass is 32.2. The molecule has 0 aromatic heterocycles. The van der Waals surface area contributed by atoms with Crippen LogP contribution < -0.4 is 21.5 Å². The van der Waals surface area contributed by atoms with Gasteiger partial charge < -0.3 is 26.8 Å². The first kappa shape index (κ1) is 26.7. The van der Waals surface area contributed by atoms with Crippen molar-refractivity contribution in [1.29, 1.82) is 0 Å². The molecule has 4 atom stereocenters. The Kier molecular flexibility index (Phi) is 8.60. The van der Waals surface area contributed by atoms with E-state index in [1.54, 1.807) is 6.07 Å². The van der Waals surface area contributed by atoms with E-state index >= 15 is 0 Å². The number of nitrogens with one attached hydrogen (secondary N) is 2. The van der Waals surface area contributed by atoms with Gasteiger partial charge in [0.25, 0.3) is 0 Å². The maximum absolute atomic E-state index is 13.5. The number of carbonyl (C=O) groups excluding carboxylic acids is 1. The summed E-state index contributed by atoms with van der Waals surface area (Å²) >= 11 is 0. The first-order valence-electron chi connectivity index (χ1n) is 12.0. The lowest BCUT2D eigenvalue weighted by atomic mass is 9.91. The number of likely N-dealkylation sites (tertiary alicyclic amines) is 1. The van der Waals surface area contributed by atoms with Crippen LogP contribution in [0.3, 0.4) is 0 Å². The van der Waals surface area contributed by atoms with Crippen LogP contribution in [-0.2, 0) is 26.0 Å². The molecule has 2 aliphatic rings. The molecule has 2 heterocycles. The van der Waals surface area contributed by atoms with Crippen molar-refractivity contribution in [3.05, 3.63) is 23.8 Å². The number of nitrogens with two attached hydrogens (primary N) is 2. The molecular formula is C23H36N6O5S. The van der Waals surface area contributed by atoms with Gasteiger partial charge in [-0.05, 0) is 55.6 Å². The number of sulfonamides is 1. The molecule has 1 amide bonds. The van der Waals surface area contributed by atoms with E-state index in [1.807, 2.05) is 13.0 Å². The van der Waals surface area contributed by atoms with Gasteiger partial charge in [0.05, 0.1) is 5.69 Å². The van der Waals surface area contributed by atoms with Gasteiger partial charge in [-0.15, -0.1) is 0 Å². The normalized spacial score (nSPS) is 23.0. The van der Waals surface area contributed by atoms with Crippen LogP contribution in [0.5, 0.6) is 0 Å². The summed E-state index contributed by atoms with van der Waals surface area (Å²) in [4.78, 5) is 30.7. The number of guanidine groups is 1. The number of aliphatic carboxylic acids is 1. The maximum Gasteiger partial charge on any atom is 0.326 e. The topological polar surface area (TPSA) is 180 Å². The number of para-hydroxylation sites is 1. The smallest absolute Gasteiger partial charge is 0.326 e. The number of carboxylic acids is 1. The van der Waals surface area contributed by atoms with E-state index in [0.717, 1.165) is 12.0 Å². The summed E-state index contributed by atoms with van der Waals surface area (Å²) < 4.78 is 29.5. The lowest BCUT2D eigenvalue weighted by molar-refractivity contribution is -0.153. The highest BCUT2D eigenvalue weighted by molar-refractivity contribution is 7.89. The zero-order valence-corrected chi connectivity index (χ0v) is 21.1. The molecule has 2 aliphatic heterocycles. The Hall–Kier alpha value is -2.86. The van der Waals surface area contributed by atoms with E-state index in [0.29, 0.717) is 37.4 Å². The molecule has 0 bridgehead atoms. The summed E-state index contributed by atoms with van der Waals surface area (Å²) in [5.41, 5.74) is 12.2. The van der Waals surface area contributed by atoms with E-state index < -0.39 is 34.0 Å². The van der Waals surface area contributed by atoms with Gasteiger partial charge in [0.1, 0.15) is 17.0 Å². The quantitative estimate of drug-likeness (QED) is 0.184. The third-order valence-corrected chi connectivity index (χ3v) is 8.09. The molecule has 1 fully saturated rings. The van der Waals surface area contributed by atoms with Crippen molar-refractivity contribution >= 4 is 33.5 Å². The Morgan fingerprint density at radius 3 is 2.71 bits per heavy atom. The molecule has 194 valence electrons. The SMILES string of the molecule is CC1CNc2c(cccc2S(=O)(=O)N[C@@H](CCCN=C(N)N)C(=O)N2CC[C@H](C)C[C@H]2C(=O)O)C1. The average Bonchev–Trinajstić information content (AvgIpc) is 2.79. The number of hydrogen-bond acceptors (Lipinski definition) is 6. The number of carbonyl (C=O) groups is 2. The van der Waals surface area contributed by atoms with Crippen LogP contribution in [-0.4, -0.2) is 68.0 Å². The van der Waals surface area contributed by atoms with Crippen molar-refractivity contribution < 1.29 is 23.1 Å². The molecule has 0 saturated carbocycles. The second kappa shape index (κ2) is 11.3. The van der Waals surface area contributed by atoms with E-state index in [4.69, 9.17) is 11.5 Å². The lowest BCUT2D eigenvalue weighted by Gasteiger charge is -2.38. The number of aliphatic imine (C=N–C) groups is 1. The van der Waals surface area contributed by atoms with E-state index in [2.05, 4.69) is 22.0 Å². The van der Waals surface area contributed by atoms with E-state index in [1.165, 1.54) is 11.0 Å². The number of hydrogen-bond donors (Lipinski definition) is 5. The number of nitrogens with zero attached hydrogens (tertiary/aromatic N) is 2. The minimum atomic E-state index is -4.10. The lowest BCUT2D eigenvalue weighted by Crippen LogP contribution is -2.56. The third-order valence-electron chi connectivity index (χ3n) is 6.57. The summed E-state index contributed by atoms with van der Waals surface area (Å²) in [6.07, 6.45) is 2.17. The molecule has 1 aromatic rings. The first-order valence-corrected chi connectivity index (χ1v) is 13.4. The van der Waals surface area contributed by atoms with Crippen molar-refractivity contribution in [3.63, 3.8) is 0 Å². The van der Waals surface area contributed by atoms with Gasteiger partial charge in [0.15, 0.2) is 5.96 Å². The molecule has 11 nitrogen and oxygen atoms in total. The van der Waals surface area contributed by atoms with Crippen LogP contribution in [0.25, 0.3) is 0 Å². The first-order chi connectivity index (χ1) is 16.5. The molecule has 0 radical (unpaired) electrons. The molecule has 1 unspecified atom stereocenters. The zero-order valence-electron chi connectivity index (χ0n) is 20.2. The van der Waals surface area contributed by atoms with Crippen molar-refractivity contribution in [1.82, 2.24) is 9.62 Å². The van der Waals surface area contributed by atoms with Gasteiger partial charge >= 0.3 is 5.97 Å². The Morgan fingerprint density at radius 1 is 1.29 bits per heavy atom. The van der Waals surface area contributed by atoms with Gasteiger partial charge in [-0.3, -0.25) is 9.79 Å². The largest absolute Gasteiger partial charge is 0.480 e. The fourth-order valence-electron chi connectivity index (χ4n) is 4.72. The highest BCUT2D eigenvalue weighted by Crippen LogP contribution is 2.31. The van der Waals surface area contributed by atoms with Gasteiger partial charge in [0.2, 0.25) is 15.9 Å². The van der Waals surface area contributed by atoms with Gasteiger partial charge in [0, 0.05) is 19.6 Å². The van der Waals surface area contributed by atoms with E-state index in [-0.39, 0.29) is 36.3 Å². The zero-order chi connectivity index (χ0) is 25.8. The Balaban J connectivity index is 1.88. The number of anilines is 1. The maximum atomic E-state index is 13.5. The predicted octanol–water partition coefficient (Wildman–Crippen LogP) is 0.703. The summed E-state index contributed by atoms with van der Waals surface area (Å²) in [6, 6.07) is 2.94. The fourth-order valence-corrected chi connectivity index (χ4v) is 6.17. The van der Waals surface area contributed by atoms with Crippen LogP contribution in [0.4, 0.5) is 5.69 Å². The highest BCUT2D eigenvalue weighted by Gasteiger charge is 2.39. The van der Waals surface area contributed by atoms with Gasteiger partial charge in [-0.25, -0.2) is 13.2 Å². The monoisotopic (exact) mass is 508 g/mol. The second-order valence-electron chi connectivity index (χ2n) is 9.62. The summed E-state index contributed by atoms with van der Waals surface area (Å²) in [6.45, 7) is 5.14. The van der Waals surface area contributed by atoms with Crippen molar-refractivity contribution in [2.45, 2.75) is 62.9 Å². The average molecular weight is 509 g/mol. The minimum absolute atomic E-state index is 0.0750. The third kappa shape index (κ3) is 6.63. The molecule has 7 N–H and O–H groups in total. The number of carboxylic acid groups (broad SMARTS) is 1. The Labute approximate surface area is 206 Å². The predicted molar refractivity (Wildman–Crippen MR) is 133 cm³/mol. The summed E-state index contributed by atoms with van der Waals surface area (Å²) in [5.74, 6) is -1.22. The van der Waals surface area contributed by atoms with Crippen LogP contribution in [0.1, 0.15) is 45.1 Å². The van der Waals surface area contributed by atoms with Crippen LogP contribution in [0, 0.1) is 11.8 Å². The fraction of sp³-hybridized carbons (Fsp3) is 0.609. The molecule has 0 aliphatic carbocycles. The molecule has 0 spiro atoms. The van der Waals surface area contributed by atoms with Gasteiger partial charge in [-0.2, -0.15) is 4.72 Å².